The van der Waals surface area contributed by atoms with E-state index in [-0.39, 0.29) is 0 Å². The molecule has 16 heavy (non-hydrogen) atoms. The molecule has 0 aliphatic carbocycles. The first-order valence-electron chi connectivity index (χ1n) is 4.41. The molecule has 0 aliphatic rings. The van der Waals surface area contributed by atoms with Crippen molar-refractivity contribution in [1.82, 2.24) is 0 Å². The van der Waals surface area contributed by atoms with Crippen molar-refractivity contribution in [2.24, 2.45) is 0 Å². The molecule has 3 atom stereocenters. The second-order valence-electron chi connectivity index (χ2n) is 3.51. The Labute approximate surface area is 96.8 Å². The fourth-order valence-electron chi connectivity index (χ4n) is 1.13. The quantitative estimate of drug-likeness (QED) is 0.511. The van der Waals surface area contributed by atoms with Gasteiger partial charge in [-0.15, -0.1) is 0 Å². The molecule has 0 spiro atoms. The van der Waals surface area contributed by atoms with E-state index in [0.29, 0.717) is 0 Å². The summed E-state index contributed by atoms with van der Waals surface area (Å²) in [6, 6.07) is 0. The summed E-state index contributed by atoms with van der Waals surface area (Å²) in [6.45, 7) is 1.88. The lowest BCUT2D eigenvalue weighted by Gasteiger charge is -2.31. The predicted molar refractivity (Wildman–Crippen MR) is 53.8 cm³/mol. The molecular formula is C9H13ClO6. The van der Waals surface area contributed by atoms with Crippen LogP contribution in [0.5, 0.6) is 0 Å². The lowest BCUT2D eigenvalue weighted by molar-refractivity contribution is -0.167. The molecule has 7 heteroatoms. The first kappa shape index (κ1) is 15.2. The highest BCUT2D eigenvalue weighted by Crippen LogP contribution is 2.21. The van der Waals surface area contributed by atoms with Gasteiger partial charge >= 0.3 is 0 Å². The van der Waals surface area contributed by atoms with Gasteiger partial charge in [-0.2, -0.15) is 0 Å². The highest BCUT2D eigenvalue weighted by molar-refractivity contribution is 6.63. The maximum atomic E-state index is 11.1. The monoisotopic (exact) mass is 252 g/mol. The van der Waals surface area contributed by atoms with E-state index in [4.69, 9.17) is 11.6 Å². The summed E-state index contributed by atoms with van der Waals surface area (Å²) in [5, 5.41) is 27.4. The molecule has 0 aromatic heterocycles. The number of carbonyl (C=O) groups is 3. The fourth-order valence-corrected chi connectivity index (χ4v) is 1.34. The van der Waals surface area contributed by atoms with Crippen molar-refractivity contribution in [3.8, 4) is 0 Å². The lowest BCUT2D eigenvalue weighted by Crippen LogP contribution is -2.56. The molecule has 92 valence electrons. The Morgan fingerprint density at radius 3 is 1.94 bits per heavy atom. The van der Waals surface area contributed by atoms with E-state index in [1.165, 1.54) is 0 Å². The number of hydrogen-bond acceptors (Lipinski definition) is 6. The molecule has 0 rings (SSSR count). The van der Waals surface area contributed by atoms with Crippen molar-refractivity contribution in [2.75, 3.05) is 0 Å². The van der Waals surface area contributed by atoms with Crippen LogP contribution in [0.15, 0.2) is 0 Å². The predicted octanol–water partition coefficient (Wildman–Crippen LogP) is -1.23. The highest BCUT2D eigenvalue weighted by atomic mass is 35.5. The van der Waals surface area contributed by atoms with E-state index in [2.05, 4.69) is 0 Å². The Morgan fingerprint density at radius 2 is 1.69 bits per heavy atom. The summed E-state index contributed by atoms with van der Waals surface area (Å²) in [5.41, 5.74) is -2.55. The summed E-state index contributed by atoms with van der Waals surface area (Å²) in [7, 11) is 0. The van der Waals surface area contributed by atoms with Crippen LogP contribution in [0.4, 0.5) is 0 Å². The van der Waals surface area contributed by atoms with Gasteiger partial charge in [0.1, 0.15) is 12.2 Å². The normalized spacial score (nSPS) is 18.4. The van der Waals surface area contributed by atoms with Crippen LogP contribution in [-0.4, -0.2) is 49.9 Å². The number of carbonyl (C=O) groups excluding carboxylic acids is 3. The molecule has 0 saturated heterocycles. The Hall–Kier alpha value is -0.820. The van der Waals surface area contributed by atoms with Crippen molar-refractivity contribution < 1.29 is 29.7 Å². The van der Waals surface area contributed by atoms with Gasteiger partial charge in [0.25, 0.3) is 0 Å². The van der Waals surface area contributed by atoms with Crippen LogP contribution in [0.3, 0.4) is 0 Å². The zero-order valence-electron chi connectivity index (χ0n) is 8.81. The van der Waals surface area contributed by atoms with Crippen molar-refractivity contribution in [3.05, 3.63) is 0 Å². The average Bonchev–Trinajstić information content (AvgIpc) is 2.13. The van der Waals surface area contributed by atoms with Gasteiger partial charge in [-0.1, -0.05) is 0 Å². The second-order valence-corrected chi connectivity index (χ2v) is 3.93. The first-order valence-corrected chi connectivity index (χ1v) is 4.79. The highest BCUT2D eigenvalue weighted by Gasteiger charge is 2.46. The summed E-state index contributed by atoms with van der Waals surface area (Å²) in [5.74, 6) is -1.80. The standard InChI is InChI=1S/C9H13ClO6/c1-4(11)7(14)8(15)9(16,5(2)12)3-6(10)13/h7-8,14-16H,3H2,1-2H3/t7?,8-,9-/m1/s1. The van der Waals surface area contributed by atoms with Gasteiger partial charge in [-0.25, -0.2) is 0 Å². The molecule has 0 fully saturated rings. The molecule has 0 aliphatic heterocycles. The summed E-state index contributed by atoms with van der Waals surface area (Å²) >= 11 is 5.01. The van der Waals surface area contributed by atoms with Gasteiger partial charge in [0.15, 0.2) is 17.2 Å². The minimum absolute atomic E-state index is 0.839. The van der Waals surface area contributed by atoms with Crippen molar-refractivity contribution in [1.29, 1.82) is 0 Å². The third-order valence-electron chi connectivity index (χ3n) is 2.22. The van der Waals surface area contributed by atoms with Gasteiger partial charge in [0.05, 0.1) is 6.42 Å². The number of rotatable bonds is 6. The molecular weight excluding hydrogens is 240 g/mol. The van der Waals surface area contributed by atoms with E-state index in [9.17, 15) is 29.7 Å². The average molecular weight is 253 g/mol. The maximum Gasteiger partial charge on any atom is 0.225 e. The summed E-state index contributed by atoms with van der Waals surface area (Å²) < 4.78 is 0. The van der Waals surface area contributed by atoms with E-state index in [1.807, 2.05) is 0 Å². The molecule has 0 radical (unpaired) electrons. The first-order chi connectivity index (χ1) is 7.12. The number of aliphatic hydroxyl groups excluding tert-OH is 2. The topological polar surface area (TPSA) is 112 Å². The van der Waals surface area contributed by atoms with Gasteiger partial charge in [0, 0.05) is 0 Å². The molecule has 0 heterocycles. The third kappa shape index (κ3) is 3.34. The van der Waals surface area contributed by atoms with Crippen molar-refractivity contribution in [3.63, 3.8) is 0 Å². The molecule has 6 nitrogen and oxygen atoms in total. The van der Waals surface area contributed by atoms with Crippen LogP contribution in [0.1, 0.15) is 20.3 Å². The fraction of sp³-hybridized carbons (Fsp3) is 0.667. The minimum atomic E-state index is -2.55. The van der Waals surface area contributed by atoms with Crippen LogP contribution in [0.25, 0.3) is 0 Å². The SMILES string of the molecule is CC(=O)C(O)[C@@H](O)[C@@](O)(CC(=O)Cl)C(C)=O. The Balaban J connectivity index is 5.12. The molecule has 0 amide bonds. The summed E-state index contributed by atoms with van der Waals surface area (Å²) in [4.78, 5) is 32.6. The van der Waals surface area contributed by atoms with E-state index in [0.717, 1.165) is 13.8 Å². The van der Waals surface area contributed by atoms with Crippen molar-refractivity contribution in [2.45, 2.75) is 38.1 Å². The maximum absolute atomic E-state index is 11.1. The van der Waals surface area contributed by atoms with Gasteiger partial charge < -0.3 is 15.3 Å². The Morgan fingerprint density at radius 1 is 1.25 bits per heavy atom. The van der Waals surface area contributed by atoms with Crippen LogP contribution in [-0.2, 0) is 14.4 Å². The number of ketones is 2. The second kappa shape index (κ2) is 5.49. The molecule has 0 aromatic rings. The van der Waals surface area contributed by atoms with E-state index >= 15 is 0 Å². The number of hydrogen-bond donors (Lipinski definition) is 3. The molecule has 0 bridgehead atoms. The number of aliphatic hydroxyl groups is 3. The van der Waals surface area contributed by atoms with Gasteiger partial charge in [0.2, 0.25) is 5.24 Å². The largest absolute Gasteiger partial charge is 0.386 e. The molecule has 3 N–H and O–H groups in total. The third-order valence-corrected chi connectivity index (χ3v) is 2.36. The smallest absolute Gasteiger partial charge is 0.225 e. The molecule has 1 unspecified atom stereocenters. The van der Waals surface area contributed by atoms with E-state index < -0.39 is 41.0 Å². The van der Waals surface area contributed by atoms with Crippen molar-refractivity contribution >= 4 is 28.4 Å². The van der Waals surface area contributed by atoms with E-state index in [1.54, 1.807) is 0 Å². The lowest BCUT2D eigenvalue weighted by atomic mass is 9.85. The number of halogens is 1. The molecule has 0 aromatic carbocycles. The zero-order valence-corrected chi connectivity index (χ0v) is 9.56. The zero-order chi connectivity index (χ0) is 13.1. The van der Waals surface area contributed by atoms with Crippen LogP contribution < -0.4 is 0 Å². The Bertz CT molecular complexity index is 315. The van der Waals surface area contributed by atoms with Gasteiger partial charge in [-0.05, 0) is 25.4 Å². The number of Topliss-reactive ketones (excluding diaryl/α,β-unsaturated/α-hetero) is 2. The summed E-state index contributed by atoms with van der Waals surface area (Å²) in [6.07, 6.45) is -4.93. The van der Waals surface area contributed by atoms with Crippen LogP contribution >= 0.6 is 11.6 Å². The van der Waals surface area contributed by atoms with Crippen LogP contribution in [0.2, 0.25) is 0 Å². The van der Waals surface area contributed by atoms with Crippen LogP contribution in [0, 0.1) is 0 Å². The van der Waals surface area contributed by atoms with Gasteiger partial charge in [-0.3, -0.25) is 14.4 Å². The molecule has 0 saturated carbocycles. The Kier molecular flexibility index (Phi) is 5.21. The minimum Gasteiger partial charge on any atom is -0.386 e.